The Morgan fingerprint density at radius 1 is 1.43 bits per heavy atom. The van der Waals surface area contributed by atoms with E-state index in [1.54, 1.807) is 0 Å². The topological polar surface area (TPSA) is 72.8 Å². The van der Waals surface area contributed by atoms with Crippen molar-refractivity contribution in [3.63, 3.8) is 0 Å². The predicted molar refractivity (Wildman–Crippen MR) is 82.1 cm³/mol. The molecule has 0 spiro atoms. The van der Waals surface area contributed by atoms with Crippen LogP contribution in [0, 0.1) is 0 Å². The second-order valence-electron chi connectivity index (χ2n) is 5.64. The van der Waals surface area contributed by atoms with E-state index in [0.29, 0.717) is 13.0 Å². The van der Waals surface area contributed by atoms with Gasteiger partial charge in [0.15, 0.2) is 0 Å². The van der Waals surface area contributed by atoms with Crippen LogP contribution in [-0.4, -0.2) is 46.8 Å². The van der Waals surface area contributed by atoms with E-state index in [0.717, 1.165) is 29.8 Å². The minimum absolute atomic E-state index is 0.0103. The van der Waals surface area contributed by atoms with Crippen LogP contribution in [0.2, 0.25) is 0 Å². The van der Waals surface area contributed by atoms with Gasteiger partial charge in [0.1, 0.15) is 0 Å². The summed E-state index contributed by atoms with van der Waals surface area (Å²) < 4.78 is 0. The predicted octanol–water partition coefficient (Wildman–Crippen LogP) is 1.31. The fourth-order valence-electron chi connectivity index (χ4n) is 2.80. The molecule has 2 atom stereocenters. The molecule has 116 valence electrons. The molecule has 5 nitrogen and oxygen atoms in total. The standard InChI is InChI=1S/C16H24N2O3/c1-3-7-18(11(2)10-19)9-15(20)12-5-4-6-14-13(12)8-16(21)17-14/h4-6,11,15,19-20H,3,7-10H2,1-2H3,(H,17,21). The third-order valence-corrected chi connectivity index (χ3v) is 3.99. The van der Waals surface area contributed by atoms with Crippen LogP contribution in [-0.2, 0) is 11.2 Å². The highest BCUT2D eigenvalue weighted by Crippen LogP contribution is 2.30. The number of hydrogen-bond donors (Lipinski definition) is 3. The van der Waals surface area contributed by atoms with Gasteiger partial charge in [0.25, 0.3) is 0 Å². The van der Waals surface area contributed by atoms with Gasteiger partial charge in [0, 0.05) is 18.3 Å². The van der Waals surface area contributed by atoms with E-state index in [4.69, 9.17) is 0 Å². The Bertz CT molecular complexity index is 504. The molecule has 1 amide bonds. The van der Waals surface area contributed by atoms with Gasteiger partial charge in [-0.1, -0.05) is 19.1 Å². The van der Waals surface area contributed by atoms with Crippen molar-refractivity contribution in [3.8, 4) is 0 Å². The molecular formula is C16H24N2O3. The van der Waals surface area contributed by atoms with Gasteiger partial charge >= 0.3 is 0 Å². The van der Waals surface area contributed by atoms with Gasteiger partial charge in [-0.15, -0.1) is 0 Å². The molecule has 2 unspecified atom stereocenters. The van der Waals surface area contributed by atoms with Gasteiger partial charge in [-0.3, -0.25) is 9.69 Å². The average Bonchev–Trinajstić information content (AvgIpc) is 2.85. The number of carbonyl (C=O) groups excluding carboxylic acids is 1. The number of fused-ring (bicyclic) bond motifs is 1. The second kappa shape index (κ2) is 7.02. The van der Waals surface area contributed by atoms with Crippen LogP contribution in [0.5, 0.6) is 0 Å². The molecule has 0 fully saturated rings. The summed E-state index contributed by atoms with van der Waals surface area (Å²) in [5.74, 6) is -0.0289. The van der Waals surface area contributed by atoms with Gasteiger partial charge in [-0.25, -0.2) is 0 Å². The summed E-state index contributed by atoms with van der Waals surface area (Å²) in [4.78, 5) is 13.6. The van der Waals surface area contributed by atoms with Crippen LogP contribution in [0.15, 0.2) is 18.2 Å². The monoisotopic (exact) mass is 292 g/mol. The van der Waals surface area contributed by atoms with Gasteiger partial charge in [-0.05, 0) is 37.1 Å². The maximum Gasteiger partial charge on any atom is 0.228 e. The summed E-state index contributed by atoms with van der Waals surface area (Å²) in [5, 5.41) is 22.7. The van der Waals surface area contributed by atoms with Crippen LogP contribution in [0.3, 0.4) is 0 Å². The molecule has 0 aromatic heterocycles. The fraction of sp³-hybridized carbons (Fsp3) is 0.562. The molecule has 0 aliphatic carbocycles. The maximum absolute atomic E-state index is 11.5. The first-order valence-electron chi connectivity index (χ1n) is 7.51. The molecule has 1 aliphatic rings. The molecule has 21 heavy (non-hydrogen) atoms. The number of anilines is 1. The van der Waals surface area contributed by atoms with Crippen LogP contribution < -0.4 is 5.32 Å². The summed E-state index contributed by atoms with van der Waals surface area (Å²) in [6, 6.07) is 5.59. The molecule has 1 aromatic rings. The first-order chi connectivity index (χ1) is 10.1. The van der Waals surface area contributed by atoms with Crippen molar-refractivity contribution in [2.45, 2.75) is 38.8 Å². The number of carbonyl (C=O) groups is 1. The number of nitrogens with one attached hydrogen (secondary N) is 1. The third-order valence-electron chi connectivity index (χ3n) is 3.99. The Labute approximate surface area is 125 Å². The summed E-state index contributed by atoms with van der Waals surface area (Å²) in [7, 11) is 0. The van der Waals surface area contributed by atoms with Crippen molar-refractivity contribution in [2.75, 3.05) is 25.0 Å². The lowest BCUT2D eigenvalue weighted by Crippen LogP contribution is -2.39. The maximum atomic E-state index is 11.5. The first-order valence-corrected chi connectivity index (χ1v) is 7.51. The molecule has 3 N–H and O–H groups in total. The van der Waals surface area contributed by atoms with E-state index >= 15 is 0 Å². The number of benzene rings is 1. The molecule has 1 aromatic carbocycles. The van der Waals surface area contributed by atoms with Crippen molar-refractivity contribution >= 4 is 11.6 Å². The van der Waals surface area contributed by atoms with Gasteiger partial charge < -0.3 is 15.5 Å². The SMILES string of the molecule is CCCN(CC(O)c1cccc2c1CC(=O)N2)C(C)CO. The zero-order valence-electron chi connectivity index (χ0n) is 12.7. The highest BCUT2D eigenvalue weighted by Gasteiger charge is 2.25. The summed E-state index contributed by atoms with van der Waals surface area (Å²) in [5.41, 5.74) is 2.49. The normalized spacial score (nSPS) is 16.7. The molecule has 5 heteroatoms. The van der Waals surface area contributed by atoms with Gasteiger partial charge in [-0.2, -0.15) is 0 Å². The van der Waals surface area contributed by atoms with Crippen molar-refractivity contribution in [3.05, 3.63) is 29.3 Å². The number of rotatable bonds is 7. The van der Waals surface area contributed by atoms with E-state index in [2.05, 4.69) is 17.1 Å². The molecule has 1 heterocycles. The number of aliphatic hydroxyl groups is 2. The Balaban J connectivity index is 2.15. The Morgan fingerprint density at radius 3 is 2.86 bits per heavy atom. The minimum Gasteiger partial charge on any atom is -0.395 e. The van der Waals surface area contributed by atoms with Crippen LogP contribution in [0.4, 0.5) is 5.69 Å². The van der Waals surface area contributed by atoms with E-state index in [1.807, 2.05) is 25.1 Å². The highest BCUT2D eigenvalue weighted by atomic mass is 16.3. The Morgan fingerprint density at radius 2 is 2.19 bits per heavy atom. The van der Waals surface area contributed by atoms with Crippen molar-refractivity contribution < 1.29 is 15.0 Å². The van der Waals surface area contributed by atoms with Crippen molar-refractivity contribution in [1.29, 1.82) is 0 Å². The van der Waals surface area contributed by atoms with Crippen LogP contribution in [0.25, 0.3) is 0 Å². The third kappa shape index (κ3) is 3.61. The van der Waals surface area contributed by atoms with E-state index in [-0.39, 0.29) is 18.6 Å². The van der Waals surface area contributed by atoms with Gasteiger partial charge in [0.2, 0.25) is 5.91 Å². The molecular weight excluding hydrogens is 268 g/mol. The lowest BCUT2D eigenvalue weighted by Gasteiger charge is -2.30. The second-order valence-corrected chi connectivity index (χ2v) is 5.64. The van der Waals surface area contributed by atoms with Crippen molar-refractivity contribution in [2.24, 2.45) is 0 Å². The van der Waals surface area contributed by atoms with E-state index in [9.17, 15) is 15.0 Å². The van der Waals surface area contributed by atoms with Crippen LogP contribution >= 0.6 is 0 Å². The van der Waals surface area contributed by atoms with Gasteiger partial charge in [0.05, 0.1) is 19.1 Å². The molecule has 0 saturated carbocycles. The number of amides is 1. The first kappa shape index (κ1) is 15.9. The number of nitrogens with zero attached hydrogens (tertiary/aromatic N) is 1. The zero-order chi connectivity index (χ0) is 15.4. The smallest absolute Gasteiger partial charge is 0.228 e. The summed E-state index contributed by atoms with van der Waals surface area (Å²) >= 11 is 0. The fourth-order valence-corrected chi connectivity index (χ4v) is 2.80. The quantitative estimate of drug-likeness (QED) is 0.708. The van der Waals surface area contributed by atoms with E-state index in [1.165, 1.54) is 0 Å². The largest absolute Gasteiger partial charge is 0.395 e. The lowest BCUT2D eigenvalue weighted by atomic mass is 9.99. The lowest BCUT2D eigenvalue weighted by molar-refractivity contribution is -0.115. The zero-order valence-corrected chi connectivity index (χ0v) is 12.7. The Hall–Kier alpha value is -1.43. The molecule has 0 saturated heterocycles. The van der Waals surface area contributed by atoms with Crippen LogP contribution in [0.1, 0.15) is 37.5 Å². The highest BCUT2D eigenvalue weighted by molar-refractivity contribution is 5.99. The Kier molecular flexibility index (Phi) is 5.33. The van der Waals surface area contributed by atoms with E-state index < -0.39 is 6.10 Å². The molecule has 0 bridgehead atoms. The molecule has 1 aliphatic heterocycles. The summed E-state index contributed by atoms with van der Waals surface area (Å²) in [6.45, 7) is 5.38. The number of hydrogen-bond acceptors (Lipinski definition) is 4. The minimum atomic E-state index is -0.659. The molecule has 2 rings (SSSR count). The average molecular weight is 292 g/mol. The summed E-state index contributed by atoms with van der Waals surface area (Å²) in [6.07, 6.45) is 0.629. The van der Waals surface area contributed by atoms with Crippen molar-refractivity contribution in [1.82, 2.24) is 4.90 Å². The number of aliphatic hydroxyl groups excluding tert-OH is 2. The molecule has 0 radical (unpaired) electrons.